The maximum Gasteiger partial charge on any atom is 0.261 e. The molecule has 178 valence electrons. The fraction of sp³-hybridized carbons (Fsp3) is 0.280. The van der Waals surface area contributed by atoms with Gasteiger partial charge < -0.3 is 20.1 Å². The van der Waals surface area contributed by atoms with Crippen LogP contribution in [0.15, 0.2) is 65.8 Å². The number of nitriles is 1. The number of hydrogen-bond donors (Lipinski definition) is 3. The van der Waals surface area contributed by atoms with Gasteiger partial charge in [-0.3, -0.25) is 14.5 Å². The number of hydrogen-bond acceptors (Lipinski definition) is 7. The van der Waals surface area contributed by atoms with E-state index < -0.39 is 12.3 Å². The van der Waals surface area contributed by atoms with Crippen molar-refractivity contribution in [2.24, 2.45) is 5.92 Å². The van der Waals surface area contributed by atoms with Crippen molar-refractivity contribution in [3.63, 3.8) is 0 Å². The molecule has 10 heteroatoms. The summed E-state index contributed by atoms with van der Waals surface area (Å²) in [5.41, 5.74) is -0.165. The van der Waals surface area contributed by atoms with Crippen LogP contribution < -0.4 is 10.9 Å². The van der Waals surface area contributed by atoms with Gasteiger partial charge >= 0.3 is 0 Å². The summed E-state index contributed by atoms with van der Waals surface area (Å²) in [6.07, 6.45) is 5.13. The minimum Gasteiger partial charge on any atom is -0.379 e. The molecule has 0 aliphatic carbocycles. The monoisotopic (exact) mass is 474 g/mol. The van der Waals surface area contributed by atoms with Crippen molar-refractivity contribution in [1.82, 2.24) is 19.7 Å². The summed E-state index contributed by atoms with van der Waals surface area (Å²) in [6.45, 7) is -0.165. The Morgan fingerprint density at radius 1 is 1.23 bits per heavy atom. The number of aromatic nitrogens is 4. The lowest BCUT2D eigenvalue weighted by Gasteiger charge is -2.27. The first-order valence-electron chi connectivity index (χ1n) is 11.2. The standard InChI is InChI=1S/C25H23FN6O3/c26-15-25(34,18-5-9-28-10-6-18)17-1-3-19(4-2-17)30-23-22-20(7-11-29-24(22)33)32(31-23)21-14-35-12-8-16(21)13-27/h1-7,9-11,16,21,34H,8,12,14-15H2,(H,29,33)(H,30,31)/t16-,21+,25?/m1/s1. The van der Waals surface area contributed by atoms with E-state index in [4.69, 9.17) is 4.74 Å². The van der Waals surface area contributed by atoms with Crippen LogP contribution in [0, 0.1) is 17.2 Å². The molecule has 35 heavy (non-hydrogen) atoms. The molecule has 5 rings (SSSR count). The van der Waals surface area contributed by atoms with Crippen molar-refractivity contribution >= 4 is 22.4 Å². The van der Waals surface area contributed by atoms with Crippen LogP contribution in [0.1, 0.15) is 23.6 Å². The lowest BCUT2D eigenvalue weighted by molar-refractivity contribution is 0.0359. The van der Waals surface area contributed by atoms with Gasteiger partial charge in [-0.15, -0.1) is 0 Å². The molecule has 1 unspecified atom stereocenters. The lowest BCUT2D eigenvalue weighted by Crippen LogP contribution is -2.30. The van der Waals surface area contributed by atoms with E-state index in [2.05, 4.69) is 26.5 Å². The average Bonchev–Trinajstić information content (AvgIpc) is 3.28. The summed E-state index contributed by atoms with van der Waals surface area (Å²) in [5.74, 6) is 0.0385. The average molecular weight is 474 g/mol. The van der Waals surface area contributed by atoms with E-state index in [1.165, 1.54) is 12.4 Å². The summed E-state index contributed by atoms with van der Waals surface area (Å²) in [6, 6.07) is 13.5. The molecular formula is C25H23FN6O3. The molecule has 1 saturated heterocycles. The van der Waals surface area contributed by atoms with E-state index in [9.17, 15) is 19.6 Å². The van der Waals surface area contributed by atoms with E-state index >= 15 is 0 Å². The van der Waals surface area contributed by atoms with Crippen LogP contribution in [0.25, 0.3) is 10.9 Å². The molecular weight excluding hydrogens is 451 g/mol. The number of rotatable bonds is 6. The van der Waals surface area contributed by atoms with E-state index in [1.807, 2.05) is 0 Å². The van der Waals surface area contributed by atoms with Crippen LogP contribution in [0.2, 0.25) is 0 Å². The number of alkyl halides is 1. The number of aliphatic hydroxyl groups is 1. The maximum atomic E-state index is 13.9. The molecule has 0 radical (unpaired) electrons. The quantitative estimate of drug-likeness (QED) is 0.391. The topological polar surface area (TPSA) is 129 Å². The van der Waals surface area contributed by atoms with Gasteiger partial charge in [0.15, 0.2) is 5.82 Å². The number of pyridine rings is 2. The third kappa shape index (κ3) is 4.05. The molecule has 1 aliphatic rings. The van der Waals surface area contributed by atoms with Gasteiger partial charge in [0, 0.05) is 30.9 Å². The van der Waals surface area contributed by atoms with Crippen molar-refractivity contribution in [3.05, 3.63) is 82.5 Å². The molecule has 0 saturated carbocycles. The summed E-state index contributed by atoms with van der Waals surface area (Å²) in [5, 5.41) is 28.8. The van der Waals surface area contributed by atoms with Crippen molar-refractivity contribution < 1.29 is 14.2 Å². The second-order valence-electron chi connectivity index (χ2n) is 8.46. The zero-order valence-electron chi connectivity index (χ0n) is 18.7. The molecule has 0 bridgehead atoms. The fourth-order valence-electron chi connectivity index (χ4n) is 4.47. The second-order valence-corrected chi connectivity index (χ2v) is 8.46. The van der Waals surface area contributed by atoms with Gasteiger partial charge in [0.05, 0.1) is 30.2 Å². The fourth-order valence-corrected chi connectivity index (χ4v) is 4.47. The SMILES string of the molecule is N#C[C@H]1CCOC[C@@H]1n1nc(Nc2ccc(C(O)(CF)c3ccncc3)cc2)c2c(=O)[nH]ccc21. The molecule has 1 aliphatic heterocycles. The lowest BCUT2D eigenvalue weighted by atomic mass is 9.88. The van der Waals surface area contributed by atoms with Crippen LogP contribution in [-0.4, -0.2) is 44.7 Å². The Morgan fingerprint density at radius 2 is 1.97 bits per heavy atom. The van der Waals surface area contributed by atoms with Crippen LogP contribution in [0.3, 0.4) is 0 Å². The highest BCUT2D eigenvalue weighted by Gasteiger charge is 2.32. The number of ether oxygens (including phenoxy) is 1. The number of fused-ring (bicyclic) bond motifs is 1. The largest absolute Gasteiger partial charge is 0.379 e. The molecule has 9 nitrogen and oxygen atoms in total. The third-order valence-electron chi connectivity index (χ3n) is 6.41. The van der Waals surface area contributed by atoms with Crippen LogP contribution in [0.4, 0.5) is 15.9 Å². The van der Waals surface area contributed by atoms with Gasteiger partial charge in [-0.1, -0.05) is 12.1 Å². The molecule has 4 aromatic rings. The Labute approximate surface area is 199 Å². The Balaban J connectivity index is 1.50. The summed E-state index contributed by atoms with van der Waals surface area (Å²) in [4.78, 5) is 19.3. The molecule has 3 N–H and O–H groups in total. The number of nitrogens with zero attached hydrogens (tertiary/aromatic N) is 4. The molecule has 1 aromatic carbocycles. The second kappa shape index (κ2) is 9.29. The number of benzene rings is 1. The normalized spacial score (nSPS) is 19.7. The van der Waals surface area contributed by atoms with Gasteiger partial charge in [0.1, 0.15) is 17.7 Å². The first-order valence-corrected chi connectivity index (χ1v) is 11.2. The predicted molar refractivity (Wildman–Crippen MR) is 127 cm³/mol. The third-order valence-corrected chi connectivity index (χ3v) is 6.41. The van der Waals surface area contributed by atoms with Crippen molar-refractivity contribution in [2.75, 3.05) is 25.2 Å². The molecule has 3 aromatic heterocycles. The van der Waals surface area contributed by atoms with Crippen molar-refractivity contribution in [2.45, 2.75) is 18.1 Å². The molecule has 0 spiro atoms. The number of aromatic amines is 1. The number of nitrogens with one attached hydrogen (secondary N) is 2. The summed E-state index contributed by atoms with van der Waals surface area (Å²) in [7, 11) is 0. The molecule has 1 fully saturated rings. The summed E-state index contributed by atoms with van der Waals surface area (Å²) < 4.78 is 21.2. The van der Waals surface area contributed by atoms with Crippen LogP contribution in [-0.2, 0) is 10.3 Å². The molecule has 3 atom stereocenters. The van der Waals surface area contributed by atoms with E-state index in [0.717, 1.165) is 0 Å². The Kier molecular flexibility index (Phi) is 6.03. The van der Waals surface area contributed by atoms with E-state index in [0.29, 0.717) is 53.2 Å². The van der Waals surface area contributed by atoms with Crippen molar-refractivity contribution in [1.29, 1.82) is 5.26 Å². The first-order chi connectivity index (χ1) is 17.0. The smallest absolute Gasteiger partial charge is 0.261 e. The van der Waals surface area contributed by atoms with E-state index in [1.54, 1.807) is 53.3 Å². The Hall–Kier alpha value is -4.07. The molecule has 4 heterocycles. The summed E-state index contributed by atoms with van der Waals surface area (Å²) >= 11 is 0. The first kappa shape index (κ1) is 22.7. The minimum atomic E-state index is -1.81. The zero-order chi connectivity index (χ0) is 24.4. The maximum absolute atomic E-state index is 13.9. The minimum absolute atomic E-state index is 0.287. The van der Waals surface area contributed by atoms with Gasteiger partial charge in [0.2, 0.25) is 0 Å². The van der Waals surface area contributed by atoms with Gasteiger partial charge in [-0.2, -0.15) is 10.4 Å². The van der Waals surface area contributed by atoms with Crippen LogP contribution in [0.5, 0.6) is 0 Å². The number of H-pyrrole nitrogens is 1. The Morgan fingerprint density at radius 3 is 2.69 bits per heavy atom. The number of halogens is 1. The van der Waals surface area contributed by atoms with E-state index in [-0.39, 0.29) is 17.5 Å². The zero-order valence-corrected chi connectivity index (χ0v) is 18.7. The van der Waals surface area contributed by atoms with Crippen molar-refractivity contribution in [3.8, 4) is 6.07 Å². The molecule has 0 amide bonds. The van der Waals surface area contributed by atoms with Crippen LogP contribution >= 0.6 is 0 Å². The number of anilines is 2. The van der Waals surface area contributed by atoms with Gasteiger partial charge in [0.25, 0.3) is 5.56 Å². The predicted octanol–water partition coefficient (Wildman–Crippen LogP) is 3.17. The highest BCUT2D eigenvalue weighted by Crippen LogP contribution is 2.33. The highest BCUT2D eigenvalue weighted by molar-refractivity contribution is 5.91. The van der Waals surface area contributed by atoms with Gasteiger partial charge in [-0.25, -0.2) is 4.39 Å². The highest BCUT2D eigenvalue weighted by atomic mass is 19.1. The Bertz CT molecular complexity index is 1430. The van der Waals surface area contributed by atoms with Gasteiger partial charge in [-0.05, 0) is 47.9 Å².